The lowest BCUT2D eigenvalue weighted by atomic mass is 10.3. The first-order valence-electron chi connectivity index (χ1n) is 8.42. The van der Waals surface area contributed by atoms with Crippen molar-refractivity contribution >= 4 is 25.4 Å². The highest BCUT2D eigenvalue weighted by Gasteiger charge is 2.13. The van der Waals surface area contributed by atoms with E-state index in [-0.39, 0.29) is 0 Å². The fourth-order valence-corrected chi connectivity index (χ4v) is 3.39. The van der Waals surface area contributed by atoms with Crippen molar-refractivity contribution in [3.8, 4) is 5.69 Å². The molecule has 7 heteroatoms. The maximum atomic E-state index is 11.1. The summed E-state index contributed by atoms with van der Waals surface area (Å²) in [6.45, 7) is 10.1. The first kappa shape index (κ1) is 17.6. The van der Waals surface area contributed by atoms with Crippen LogP contribution >= 0.6 is 0 Å². The molecule has 0 aliphatic rings. The third-order valence-corrected chi connectivity index (χ3v) is 5.88. The number of aryl methyl sites for hydroxylation is 1. The van der Waals surface area contributed by atoms with Gasteiger partial charge in [0.15, 0.2) is 6.29 Å². The highest BCUT2D eigenvalue weighted by Crippen LogP contribution is 2.22. The minimum absolute atomic E-state index is 0.488. The topological polar surface area (TPSA) is 61.9 Å². The summed E-state index contributed by atoms with van der Waals surface area (Å²) in [6, 6.07) is 5.06. The minimum Gasteiger partial charge on any atom is -0.361 e. The zero-order valence-electron chi connectivity index (χ0n) is 15.2. The zero-order valence-corrected chi connectivity index (χ0v) is 16.2. The van der Waals surface area contributed by atoms with Gasteiger partial charge in [-0.05, 0) is 25.1 Å². The number of aldehydes is 1. The quantitative estimate of drug-likeness (QED) is 0.368. The van der Waals surface area contributed by atoms with Crippen LogP contribution in [0, 0.1) is 6.92 Å². The second-order valence-corrected chi connectivity index (χ2v) is 13.1. The number of pyridine rings is 1. The molecule has 3 aromatic rings. The van der Waals surface area contributed by atoms with Crippen molar-refractivity contribution in [3.05, 3.63) is 42.0 Å². The number of hydrogen-bond acceptors (Lipinski definition) is 4. The molecule has 0 radical (unpaired) electrons. The third kappa shape index (κ3) is 3.88. The fourth-order valence-electron chi connectivity index (χ4n) is 2.63. The summed E-state index contributed by atoms with van der Waals surface area (Å²) in [5, 5.41) is 5.42. The summed E-state index contributed by atoms with van der Waals surface area (Å²) in [7, 11) is -1.08. The maximum Gasteiger partial charge on any atom is 0.153 e. The van der Waals surface area contributed by atoms with Gasteiger partial charge in [0.1, 0.15) is 12.4 Å². The standard InChI is InChI=1S/C18H24N4O2Si/c1-14-15(12-23)11-22(20-14)17-5-7-19-18-16(17)6-8-21(18)13-24-9-10-25(2,3)4/h5-8,11-12H,9-10,13H2,1-4H3. The molecule has 0 amide bonds. The molecule has 0 spiro atoms. The molecule has 0 atom stereocenters. The molecule has 0 saturated heterocycles. The lowest BCUT2D eigenvalue weighted by Crippen LogP contribution is -2.22. The number of rotatable bonds is 7. The van der Waals surface area contributed by atoms with E-state index in [0.717, 1.165) is 35.7 Å². The van der Waals surface area contributed by atoms with Crippen LogP contribution in [0.4, 0.5) is 0 Å². The van der Waals surface area contributed by atoms with E-state index in [4.69, 9.17) is 4.74 Å². The van der Waals surface area contributed by atoms with E-state index in [1.54, 1.807) is 17.1 Å². The average Bonchev–Trinajstić information content (AvgIpc) is 3.14. The van der Waals surface area contributed by atoms with Gasteiger partial charge in [0.25, 0.3) is 0 Å². The van der Waals surface area contributed by atoms with E-state index in [2.05, 4.69) is 29.7 Å². The molecule has 3 heterocycles. The summed E-state index contributed by atoms with van der Waals surface area (Å²) in [6.07, 6.45) is 6.31. The van der Waals surface area contributed by atoms with Gasteiger partial charge in [0.2, 0.25) is 0 Å². The predicted octanol–water partition coefficient (Wildman–Crippen LogP) is 3.66. The van der Waals surface area contributed by atoms with Crippen LogP contribution in [0.1, 0.15) is 16.1 Å². The molecule has 0 bridgehead atoms. The van der Waals surface area contributed by atoms with E-state index in [1.807, 2.05) is 29.8 Å². The largest absolute Gasteiger partial charge is 0.361 e. The number of carbonyl (C=O) groups excluding carboxylic acids is 1. The SMILES string of the molecule is Cc1nn(-c2ccnc3c2ccn3COCC[Si](C)(C)C)cc1C=O. The second-order valence-electron chi connectivity index (χ2n) is 7.43. The van der Waals surface area contributed by atoms with Crippen LogP contribution in [0.3, 0.4) is 0 Å². The van der Waals surface area contributed by atoms with Crippen LogP contribution in [0.2, 0.25) is 25.7 Å². The number of ether oxygens (including phenoxy) is 1. The van der Waals surface area contributed by atoms with Gasteiger partial charge in [0, 0.05) is 38.7 Å². The molecule has 0 unspecified atom stereocenters. The Bertz CT molecular complexity index is 892. The van der Waals surface area contributed by atoms with Gasteiger partial charge in [0.05, 0.1) is 16.9 Å². The Hall–Kier alpha value is -2.25. The first-order valence-corrected chi connectivity index (χ1v) is 12.1. The zero-order chi connectivity index (χ0) is 18.0. The van der Waals surface area contributed by atoms with Crippen LogP contribution in [-0.4, -0.2) is 40.3 Å². The average molecular weight is 357 g/mol. The molecule has 3 rings (SSSR count). The molecule has 3 aromatic heterocycles. The summed E-state index contributed by atoms with van der Waals surface area (Å²) in [4.78, 5) is 15.6. The molecule has 0 aliphatic heterocycles. The second kappa shape index (κ2) is 6.93. The van der Waals surface area contributed by atoms with Gasteiger partial charge in [-0.25, -0.2) is 9.67 Å². The highest BCUT2D eigenvalue weighted by atomic mass is 28.3. The maximum absolute atomic E-state index is 11.1. The van der Waals surface area contributed by atoms with E-state index >= 15 is 0 Å². The third-order valence-electron chi connectivity index (χ3n) is 4.18. The first-order chi connectivity index (χ1) is 11.9. The normalized spacial score (nSPS) is 12.0. The van der Waals surface area contributed by atoms with Crippen molar-refractivity contribution in [1.29, 1.82) is 0 Å². The smallest absolute Gasteiger partial charge is 0.153 e. The van der Waals surface area contributed by atoms with Crippen molar-refractivity contribution in [2.75, 3.05) is 6.61 Å². The van der Waals surface area contributed by atoms with Gasteiger partial charge in [-0.3, -0.25) is 4.79 Å². The Balaban J connectivity index is 1.83. The van der Waals surface area contributed by atoms with E-state index in [0.29, 0.717) is 18.0 Å². The monoisotopic (exact) mass is 356 g/mol. The molecule has 0 aromatic carbocycles. The van der Waals surface area contributed by atoms with E-state index < -0.39 is 8.07 Å². The molecular weight excluding hydrogens is 332 g/mol. The molecule has 0 aliphatic carbocycles. The Morgan fingerprint density at radius 3 is 2.76 bits per heavy atom. The number of nitrogens with zero attached hydrogens (tertiary/aromatic N) is 4. The molecule has 132 valence electrons. The Kier molecular flexibility index (Phi) is 4.87. The van der Waals surface area contributed by atoms with Crippen LogP contribution in [0.15, 0.2) is 30.7 Å². The molecular formula is C18H24N4O2Si. The number of fused-ring (bicyclic) bond motifs is 1. The Morgan fingerprint density at radius 2 is 2.08 bits per heavy atom. The summed E-state index contributed by atoms with van der Waals surface area (Å²) in [5.41, 5.74) is 3.07. The van der Waals surface area contributed by atoms with E-state index in [9.17, 15) is 4.79 Å². The Morgan fingerprint density at radius 1 is 1.28 bits per heavy atom. The van der Waals surface area contributed by atoms with Crippen LogP contribution in [-0.2, 0) is 11.5 Å². The van der Waals surface area contributed by atoms with Crippen molar-refractivity contribution < 1.29 is 9.53 Å². The summed E-state index contributed by atoms with van der Waals surface area (Å²) in [5.74, 6) is 0. The molecule has 0 N–H and O–H groups in total. The lowest BCUT2D eigenvalue weighted by Gasteiger charge is -2.15. The van der Waals surface area contributed by atoms with Crippen LogP contribution < -0.4 is 0 Å². The number of carbonyl (C=O) groups is 1. The van der Waals surface area contributed by atoms with Gasteiger partial charge < -0.3 is 9.30 Å². The van der Waals surface area contributed by atoms with Gasteiger partial charge in [-0.1, -0.05) is 19.6 Å². The number of aromatic nitrogens is 4. The van der Waals surface area contributed by atoms with Crippen molar-refractivity contribution in [2.24, 2.45) is 0 Å². The lowest BCUT2D eigenvalue weighted by molar-refractivity contribution is 0.0899. The summed E-state index contributed by atoms with van der Waals surface area (Å²) >= 11 is 0. The van der Waals surface area contributed by atoms with Crippen LogP contribution in [0.25, 0.3) is 16.7 Å². The predicted molar refractivity (Wildman–Crippen MR) is 101 cm³/mol. The summed E-state index contributed by atoms with van der Waals surface area (Å²) < 4.78 is 9.57. The van der Waals surface area contributed by atoms with Gasteiger partial charge in [-0.2, -0.15) is 5.10 Å². The molecule has 0 fully saturated rings. The molecule has 25 heavy (non-hydrogen) atoms. The molecule has 6 nitrogen and oxygen atoms in total. The van der Waals surface area contributed by atoms with Crippen molar-refractivity contribution in [3.63, 3.8) is 0 Å². The number of hydrogen-bond donors (Lipinski definition) is 0. The van der Waals surface area contributed by atoms with E-state index in [1.165, 1.54) is 0 Å². The van der Waals surface area contributed by atoms with Gasteiger partial charge >= 0.3 is 0 Å². The van der Waals surface area contributed by atoms with Crippen molar-refractivity contribution in [1.82, 2.24) is 19.3 Å². The fraction of sp³-hybridized carbons (Fsp3) is 0.389. The Labute approximate surface area is 148 Å². The molecule has 0 saturated carbocycles. The van der Waals surface area contributed by atoms with Gasteiger partial charge in [-0.15, -0.1) is 0 Å². The van der Waals surface area contributed by atoms with Crippen LogP contribution in [0.5, 0.6) is 0 Å². The highest BCUT2D eigenvalue weighted by molar-refractivity contribution is 6.76. The minimum atomic E-state index is -1.08. The van der Waals surface area contributed by atoms with Crippen molar-refractivity contribution in [2.45, 2.75) is 39.3 Å².